The van der Waals surface area contributed by atoms with Crippen LogP contribution >= 0.6 is 13.5 Å². The van der Waals surface area contributed by atoms with E-state index < -0.39 is 7.32 Å². The Morgan fingerprint density at radius 2 is 0.900 bits per heavy atom. The lowest BCUT2D eigenvalue weighted by Crippen LogP contribution is -2.15. The van der Waals surface area contributed by atoms with Gasteiger partial charge in [-0.1, -0.05) is 74.2 Å². The molecule has 20 heavy (non-hydrogen) atoms. The Labute approximate surface area is 121 Å². The van der Waals surface area contributed by atoms with Gasteiger partial charge in [0.1, 0.15) is 0 Å². The molecule has 2 rings (SSSR count). The van der Waals surface area contributed by atoms with Crippen molar-refractivity contribution in [3.05, 3.63) is 60.7 Å². The van der Waals surface area contributed by atoms with Gasteiger partial charge in [-0.25, -0.2) is 0 Å². The zero-order valence-corrected chi connectivity index (χ0v) is 11.2. The first kappa shape index (κ1) is 18.5. The first-order chi connectivity index (χ1) is 9.31. The Bertz CT molecular complexity index is 403. The molecule has 0 aromatic heterocycles. The van der Waals surface area contributed by atoms with Crippen molar-refractivity contribution in [3.63, 3.8) is 0 Å². The maximum Gasteiger partial charge on any atom is 0.737 e. The van der Waals surface area contributed by atoms with Crippen LogP contribution in [0.4, 0.5) is 13.6 Å². The van der Waals surface area contributed by atoms with Crippen molar-refractivity contribution in [3.8, 4) is 11.1 Å². The minimum Gasteiger partial charge on any atom is -0.197 e. The largest absolute Gasteiger partial charge is 0.737 e. The number of rotatable bonds is 4. The van der Waals surface area contributed by atoms with Crippen molar-refractivity contribution in [1.29, 1.82) is 0 Å². The molecule has 0 saturated heterocycles. The minimum absolute atomic E-state index is 0. The quantitative estimate of drug-likeness (QED) is 0.795. The number of hydrogen-bond acceptors (Lipinski definition) is 3. The van der Waals surface area contributed by atoms with Gasteiger partial charge >= 0.3 is 7.32 Å². The van der Waals surface area contributed by atoms with Gasteiger partial charge in [-0.3, -0.25) is 0 Å². The van der Waals surface area contributed by atoms with Gasteiger partial charge in [0.2, 0.25) is 0 Å². The molecule has 2 aromatic carbocycles. The average molecular weight is 304 g/mol. The lowest BCUT2D eigenvalue weighted by Gasteiger charge is -1.98. The molecule has 0 aliphatic carbocycles. The first-order valence-corrected chi connectivity index (χ1v) is 5.24. The third-order valence-electron chi connectivity index (χ3n) is 2.10. The summed E-state index contributed by atoms with van der Waals surface area (Å²) in [5.74, 6) is 0. The van der Waals surface area contributed by atoms with E-state index in [1.54, 1.807) is 0 Å². The summed E-state index contributed by atoms with van der Waals surface area (Å²) in [6.45, 7) is 0. The Morgan fingerprint density at radius 1 is 0.600 bits per heavy atom. The van der Waals surface area contributed by atoms with E-state index in [-0.39, 0.29) is 13.5 Å². The fraction of sp³-hybridized carbons (Fsp3) is 0. The molecule has 0 spiro atoms. The summed E-state index contributed by atoms with van der Waals surface area (Å²) in [5, 5.41) is 0. The van der Waals surface area contributed by atoms with E-state index in [0.29, 0.717) is 0 Å². The van der Waals surface area contributed by atoms with E-state index in [1.807, 2.05) is 12.1 Å². The Balaban J connectivity index is 0.000000396. The smallest absolute Gasteiger partial charge is 0.197 e. The van der Waals surface area contributed by atoms with Gasteiger partial charge < -0.3 is 0 Å². The predicted octanol–water partition coefficient (Wildman–Crippen LogP) is 4.14. The number of halogens is 3. The highest BCUT2D eigenvalue weighted by atomic mass is 32.1. The summed E-state index contributed by atoms with van der Waals surface area (Å²) in [7, 11) is -2.51. The summed E-state index contributed by atoms with van der Waals surface area (Å²) in [6.07, 6.45) is 0. The zero-order chi connectivity index (χ0) is 13.9. The molecule has 108 valence electrons. The van der Waals surface area contributed by atoms with Crippen molar-refractivity contribution in [2.45, 2.75) is 0 Å². The normalized spacial score (nSPS) is 8.95. The van der Waals surface area contributed by atoms with Crippen LogP contribution in [0.1, 0.15) is 0 Å². The Kier molecular flexibility index (Phi) is 10.5. The fourth-order valence-electron chi connectivity index (χ4n) is 1.30. The van der Waals surface area contributed by atoms with Crippen LogP contribution in [-0.4, -0.2) is 7.32 Å². The molecule has 0 aliphatic rings. The highest BCUT2D eigenvalue weighted by molar-refractivity contribution is 7.59. The predicted molar refractivity (Wildman–Crippen MR) is 74.6 cm³/mol. The van der Waals surface area contributed by atoms with Crippen LogP contribution in [0.2, 0.25) is 0 Å². The van der Waals surface area contributed by atoms with E-state index in [1.165, 1.54) is 11.1 Å². The van der Waals surface area contributed by atoms with Crippen molar-refractivity contribution in [1.82, 2.24) is 0 Å². The molecule has 0 radical (unpaired) electrons. The molecule has 2 aromatic rings. The van der Waals surface area contributed by atoms with Crippen LogP contribution in [-0.2, 0) is 14.6 Å². The molecule has 0 heterocycles. The van der Waals surface area contributed by atoms with Gasteiger partial charge in [0.25, 0.3) is 0 Å². The molecule has 8 heteroatoms. The number of hydrogen-bond donors (Lipinski definition) is 0. The molecule has 0 amide bonds. The monoisotopic (exact) mass is 304 g/mol. The molecule has 0 fully saturated rings. The second kappa shape index (κ2) is 11.4. The summed E-state index contributed by atoms with van der Waals surface area (Å²) < 4.78 is 31.3. The Morgan fingerprint density at radius 3 is 1.10 bits per heavy atom. The van der Waals surface area contributed by atoms with Crippen LogP contribution in [0.25, 0.3) is 11.1 Å². The van der Waals surface area contributed by atoms with E-state index in [9.17, 15) is 13.6 Å². The van der Waals surface area contributed by atoms with Gasteiger partial charge in [-0.15, -0.1) is 0 Å². The summed E-state index contributed by atoms with van der Waals surface area (Å²) >= 11 is 0. The molecular formula is C12H12BF3O3S. The van der Waals surface area contributed by atoms with Crippen molar-refractivity contribution in [2.75, 3.05) is 0 Å². The summed E-state index contributed by atoms with van der Waals surface area (Å²) in [5.41, 5.74) is 2.55. The minimum atomic E-state index is -2.51. The Hall–Kier alpha value is -1.48. The molecule has 0 N–H and O–H groups in total. The molecule has 0 bridgehead atoms. The van der Waals surface area contributed by atoms with Crippen molar-refractivity contribution >= 4 is 20.8 Å². The summed E-state index contributed by atoms with van der Waals surface area (Å²) in [6, 6.07) is 20.8. The lowest BCUT2D eigenvalue weighted by atomic mass is 10.1. The molecular weight excluding hydrogens is 292 g/mol. The van der Waals surface area contributed by atoms with Gasteiger partial charge in [0.05, 0.1) is 0 Å². The molecule has 3 nitrogen and oxygen atoms in total. The van der Waals surface area contributed by atoms with E-state index in [0.717, 1.165) is 0 Å². The highest BCUT2D eigenvalue weighted by Crippen LogP contribution is 2.17. The molecule has 0 atom stereocenters. The summed E-state index contributed by atoms with van der Waals surface area (Å²) in [4.78, 5) is 7.06. The maximum absolute atomic E-state index is 10.4. The van der Waals surface area contributed by atoms with E-state index in [4.69, 9.17) is 0 Å². The first-order valence-electron chi connectivity index (χ1n) is 5.24. The number of benzene rings is 2. The third-order valence-corrected chi connectivity index (χ3v) is 2.10. The average Bonchev–Trinajstić information content (AvgIpc) is 2.51. The van der Waals surface area contributed by atoms with Crippen LogP contribution in [0.5, 0.6) is 0 Å². The van der Waals surface area contributed by atoms with E-state index >= 15 is 0 Å². The third kappa shape index (κ3) is 6.62. The van der Waals surface area contributed by atoms with Crippen LogP contribution in [0.15, 0.2) is 60.7 Å². The van der Waals surface area contributed by atoms with Crippen LogP contribution < -0.4 is 0 Å². The zero-order valence-electron chi connectivity index (χ0n) is 10.2. The lowest BCUT2D eigenvalue weighted by molar-refractivity contribution is -0.190. The highest BCUT2D eigenvalue weighted by Gasteiger charge is 2.24. The standard InChI is InChI=1S/C12H10.BF3O3.H2S/c1-3-7-11(8-4-1)12-9-5-2-6-10-12;2-5-1(6-3)7-4;/h1-10H;;1H2. The van der Waals surface area contributed by atoms with Gasteiger partial charge in [-0.2, -0.15) is 28.1 Å². The van der Waals surface area contributed by atoms with Gasteiger partial charge in [0.15, 0.2) is 0 Å². The molecule has 0 saturated carbocycles. The van der Waals surface area contributed by atoms with Gasteiger partial charge in [-0.05, 0) is 11.1 Å². The van der Waals surface area contributed by atoms with Crippen LogP contribution in [0.3, 0.4) is 0 Å². The fourth-order valence-corrected chi connectivity index (χ4v) is 1.30. The van der Waals surface area contributed by atoms with Gasteiger partial charge in [0, 0.05) is 0 Å². The second-order valence-corrected chi connectivity index (χ2v) is 3.29. The SMILES string of the molecule is FOB(OF)OF.S.c1ccc(-c2ccccc2)cc1. The topological polar surface area (TPSA) is 27.7 Å². The van der Waals surface area contributed by atoms with Crippen molar-refractivity contribution in [2.24, 2.45) is 0 Å². The van der Waals surface area contributed by atoms with Crippen LogP contribution in [0, 0.1) is 0 Å². The second-order valence-electron chi connectivity index (χ2n) is 3.29. The molecule has 0 aliphatic heterocycles. The molecule has 0 unspecified atom stereocenters. The van der Waals surface area contributed by atoms with E-state index in [2.05, 4.69) is 63.1 Å². The maximum atomic E-state index is 10.4. The van der Waals surface area contributed by atoms with Crippen molar-refractivity contribution < 1.29 is 28.2 Å².